The van der Waals surface area contributed by atoms with Crippen molar-refractivity contribution in [3.63, 3.8) is 0 Å². The maximum Gasteiger partial charge on any atom is 0.243 e. The third-order valence-corrected chi connectivity index (χ3v) is 2.56. The van der Waals surface area contributed by atoms with Gasteiger partial charge in [0.05, 0.1) is 31.2 Å². The molecule has 0 radical (unpaired) electrons. The number of nitrogens with zero attached hydrogens (tertiary/aromatic N) is 4. The number of carbonyl (C=O) groups excluding carboxylic acids is 2. The number of piperazine rings is 1. The second-order valence-corrected chi connectivity index (χ2v) is 3.93. The number of rotatable bonds is 2. The van der Waals surface area contributed by atoms with E-state index in [0.29, 0.717) is 11.5 Å². The second kappa shape index (κ2) is 4.36. The van der Waals surface area contributed by atoms with E-state index in [2.05, 4.69) is 9.97 Å². The van der Waals surface area contributed by atoms with Crippen LogP contribution >= 0.6 is 0 Å². The zero-order valence-corrected chi connectivity index (χ0v) is 9.46. The molecule has 1 aromatic rings. The summed E-state index contributed by atoms with van der Waals surface area (Å²) in [5.74, 6) is 0.160. The Bertz CT molecular complexity index is 445. The monoisotopic (exact) mass is 235 g/mol. The van der Waals surface area contributed by atoms with Crippen LogP contribution in [0.25, 0.3) is 0 Å². The Morgan fingerprint density at radius 2 is 2.00 bits per heavy atom. The molecule has 2 rings (SSSR count). The summed E-state index contributed by atoms with van der Waals surface area (Å²) >= 11 is 0. The van der Waals surface area contributed by atoms with Crippen LogP contribution in [-0.2, 0) is 16.1 Å². The van der Waals surface area contributed by atoms with E-state index >= 15 is 0 Å². The molecule has 1 aliphatic rings. The van der Waals surface area contributed by atoms with Gasteiger partial charge in [0.2, 0.25) is 11.8 Å². The number of likely N-dealkylation sites (N-methyl/N-ethyl adjacent to an activating group) is 1. The summed E-state index contributed by atoms with van der Waals surface area (Å²) in [6.45, 7) is 0.480. The van der Waals surface area contributed by atoms with Crippen LogP contribution in [0.4, 0.5) is 5.82 Å². The first kappa shape index (κ1) is 11.3. The summed E-state index contributed by atoms with van der Waals surface area (Å²) < 4.78 is 0. The highest BCUT2D eigenvalue weighted by Crippen LogP contribution is 2.07. The van der Waals surface area contributed by atoms with Crippen LogP contribution in [0.1, 0.15) is 5.69 Å². The third-order valence-electron chi connectivity index (χ3n) is 2.56. The molecule has 0 bridgehead atoms. The molecule has 7 heteroatoms. The highest BCUT2D eigenvalue weighted by molar-refractivity contribution is 5.92. The molecule has 0 spiro atoms. The lowest BCUT2D eigenvalue weighted by atomic mass is 10.3. The fourth-order valence-corrected chi connectivity index (χ4v) is 1.55. The molecule has 90 valence electrons. The van der Waals surface area contributed by atoms with Gasteiger partial charge in [0.25, 0.3) is 0 Å². The van der Waals surface area contributed by atoms with Crippen LogP contribution in [0, 0.1) is 0 Å². The number of hydrogen-bond donors (Lipinski definition) is 1. The van der Waals surface area contributed by atoms with E-state index in [9.17, 15) is 9.59 Å². The number of nitrogen functional groups attached to an aromatic ring is 1. The van der Waals surface area contributed by atoms with Crippen LogP contribution in [-0.4, -0.2) is 51.7 Å². The number of anilines is 1. The van der Waals surface area contributed by atoms with Gasteiger partial charge in [-0.3, -0.25) is 14.6 Å². The summed E-state index contributed by atoms with van der Waals surface area (Å²) in [5, 5.41) is 0. The molecule has 0 aromatic carbocycles. The van der Waals surface area contributed by atoms with Crippen molar-refractivity contribution < 1.29 is 9.59 Å². The van der Waals surface area contributed by atoms with E-state index < -0.39 is 0 Å². The van der Waals surface area contributed by atoms with Crippen LogP contribution < -0.4 is 5.73 Å². The minimum Gasteiger partial charge on any atom is -0.382 e. The standard InChI is InChI=1S/C10H13N5O2/c1-14-5-10(17)15(6-9(14)16)4-7-2-13-8(11)3-12-7/h2-3H,4-6H2,1H3,(H2,11,13). The number of aromatic nitrogens is 2. The summed E-state index contributed by atoms with van der Waals surface area (Å²) in [5.41, 5.74) is 6.03. The van der Waals surface area contributed by atoms with Gasteiger partial charge in [-0.1, -0.05) is 0 Å². The molecule has 0 unspecified atom stereocenters. The summed E-state index contributed by atoms with van der Waals surface area (Å²) in [6, 6.07) is 0. The van der Waals surface area contributed by atoms with Gasteiger partial charge in [-0.25, -0.2) is 4.98 Å². The lowest BCUT2D eigenvalue weighted by molar-refractivity contribution is -0.149. The summed E-state index contributed by atoms with van der Waals surface area (Å²) in [4.78, 5) is 34.0. The van der Waals surface area contributed by atoms with Crippen molar-refractivity contribution in [3.05, 3.63) is 18.1 Å². The van der Waals surface area contributed by atoms with E-state index in [4.69, 9.17) is 5.73 Å². The average molecular weight is 235 g/mol. The van der Waals surface area contributed by atoms with Crippen molar-refractivity contribution in [1.29, 1.82) is 0 Å². The van der Waals surface area contributed by atoms with Crippen LogP contribution in [0.5, 0.6) is 0 Å². The molecular weight excluding hydrogens is 222 g/mol. The Morgan fingerprint density at radius 3 is 2.65 bits per heavy atom. The fourth-order valence-electron chi connectivity index (χ4n) is 1.55. The molecule has 1 aromatic heterocycles. The molecule has 0 saturated carbocycles. The van der Waals surface area contributed by atoms with E-state index in [1.54, 1.807) is 7.05 Å². The van der Waals surface area contributed by atoms with E-state index in [0.717, 1.165) is 0 Å². The van der Waals surface area contributed by atoms with Crippen molar-refractivity contribution >= 4 is 17.6 Å². The molecule has 2 amide bonds. The Balaban J connectivity index is 2.06. The van der Waals surface area contributed by atoms with E-state index in [-0.39, 0.29) is 31.4 Å². The maximum absolute atomic E-state index is 11.7. The summed E-state index contributed by atoms with van der Waals surface area (Å²) in [6.07, 6.45) is 2.93. The first-order valence-electron chi connectivity index (χ1n) is 5.14. The van der Waals surface area contributed by atoms with Gasteiger partial charge >= 0.3 is 0 Å². The van der Waals surface area contributed by atoms with Gasteiger partial charge in [-0.05, 0) is 0 Å². The SMILES string of the molecule is CN1CC(=O)N(Cc2cnc(N)cn2)CC1=O. The molecule has 17 heavy (non-hydrogen) atoms. The molecule has 7 nitrogen and oxygen atoms in total. The normalized spacial score (nSPS) is 16.5. The second-order valence-electron chi connectivity index (χ2n) is 3.93. The largest absolute Gasteiger partial charge is 0.382 e. The van der Waals surface area contributed by atoms with Gasteiger partial charge in [-0.15, -0.1) is 0 Å². The lowest BCUT2D eigenvalue weighted by Crippen LogP contribution is -2.51. The zero-order valence-electron chi connectivity index (χ0n) is 9.46. The van der Waals surface area contributed by atoms with Crippen molar-refractivity contribution in [3.8, 4) is 0 Å². The van der Waals surface area contributed by atoms with Gasteiger partial charge in [-0.2, -0.15) is 0 Å². The zero-order chi connectivity index (χ0) is 12.4. The summed E-state index contributed by atoms with van der Waals surface area (Å²) in [7, 11) is 1.61. The quantitative estimate of drug-likeness (QED) is 0.699. The predicted octanol–water partition coefficient (Wildman–Crippen LogP) is -1.14. The van der Waals surface area contributed by atoms with Crippen molar-refractivity contribution in [1.82, 2.24) is 19.8 Å². The average Bonchev–Trinajstić information content (AvgIpc) is 2.29. The molecule has 0 aliphatic carbocycles. The number of hydrogen-bond acceptors (Lipinski definition) is 5. The number of carbonyl (C=O) groups is 2. The number of amides is 2. The van der Waals surface area contributed by atoms with Gasteiger partial charge in [0.15, 0.2) is 0 Å². The van der Waals surface area contributed by atoms with Crippen LogP contribution in [0.3, 0.4) is 0 Å². The van der Waals surface area contributed by atoms with Crippen molar-refractivity contribution in [2.75, 3.05) is 25.9 Å². The van der Waals surface area contributed by atoms with Gasteiger partial charge < -0.3 is 15.5 Å². The van der Waals surface area contributed by atoms with Crippen LogP contribution in [0.15, 0.2) is 12.4 Å². The van der Waals surface area contributed by atoms with Crippen LogP contribution in [0.2, 0.25) is 0 Å². The Hall–Kier alpha value is -2.18. The Labute approximate surface area is 98.2 Å². The Kier molecular flexibility index (Phi) is 2.90. The molecule has 1 saturated heterocycles. The Morgan fingerprint density at radius 1 is 1.24 bits per heavy atom. The molecule has 2 heterocycles. The first-order valence-corrected chi connectivity index (χ1v) is 5.14. The molecule has 0 atom stereocenters. The van der Waals surface area contributed by atoms with Gasteiger partial charge in [0, 0.05) is 7.05 Å². The third kappa shape index (κ3) is 2.49. The number of nitrogens with two attached hydrogens (primary N) is 1. The minimum absolute atomic E-state index is 0.0759. The molecule has 1 fully saturated rings. The topological polar surface area (TPSA) is 92.4 Å². The lowest BCUT2D eigenvalue weighted by Gasteiger charge is -2.31. The van der Waals surface area contributed by atoms with E-state index in [1.807, 2.05) is 0 Å². The van der Waals surface area contributed by atoms with Crippen molar-refractivity contribution in [2.24, 2.45) is 0 Å². The first-order chi connectivity index (χ1) is 8.06. The molecule has 2 N–H and O–H groups in total. The fraction of sp³-hybridized carbons (Fsp3) is 0.400. The van der Waals surface area contributed by atoms with Gasteiger partial charge in [0.1, 0.15) is 12.4 Å². The predicted molar refractivity (Wildman–Crippen MR) is 59.5 cm³/mol. The highest BCUT2D eigenvalue weighted by atomic mass is 16.2. The van der Waals surface area contributed by atoms with Crippen molar-refractivity contribution in [2.45, 2.75) is 6.54 Å². The highest BCUT2D eigenvalue weighted by Gasteiger charge is 2.27. The smallest absolute Gasteiger partial charge is 0.243 e. The van der Waals surface area contributed by atoms with E-state index in [1.165, 1.54) is 22.2 Å². The molecular formula is C10H13N5O2. The maximum atomic E-state index is 11.7. The minimum atomic E-state index is -0.0919. The molecule has 1 aliphatic heterocycles.